The Morgan fingerprint density at radius 1 is 1.00 bits per heavy atom. The maximum atomic E-state index is 13.2. The lowest BCUT2D eigenvalue weighted by Gasteiger charge is -2.11. The number of thiophene rings is 1. The molecular formula is C21H17N3O2S. The molecule has 0 spiro atoms. The van der Waals surface area contributed by atoms with Crippen LogP contribution in [0.15, 0.2) is 71.5 Å². The SMILES string of the molecule is NC(=O)CCn1c(-c2ccccc2)nc2sc(-c3ccccc3)cc2c1=O. The molecule has 6 heteroatoms. The molecule has 0 aliphatic heterocycles. The van der Waals surface area contributed by atoms with Crippen LogP contribution < -0.4 is 11.3 Å². The molecule has 1 amide bonds. The summed E-state index contributed by atoms with van der Waals surface area (Å²) in [5, 5.41) is 0.558. The molecule has 0 bridgehead atoms. The summed E-state index contributed by atoms with van der Waals surface area (Å²) in [5.74, 6) is 0.104. The lowest BCUT2D eigenvalue weighted by atomic mass is 10.1. The Kier molecular flexibility index (Phi) is 4.56. The van der Waals surface area contributed by atoms with E-state index in [9.17, 15) is 9.59 Å². The second-order valence-corrected chi connectivity index (χ2v) is 7.20. The van der Waals surface area contributed by atoms with Gasteiger partial charge in [-0.25, -0.2) is 4.98 Å². The highest BCUT2D eigenvalue weighted by atomic mass is 32.1. The first-order chi connectivity index (χ1) is 13.1. The molecule has 0 saturated heterocycles. The molecule has 2 aromatic heterocycles. The summed E-state index contributed by atoms with van der Waals surface area (Å²) >= 11 is 1.49. The van der Waals surface area contributed by atoms with Crippen molar-refractivity contribution in [3.8, 4) is 21.8 Å². The van der Waals surface area contributed by atoms with Gasteiger partial charge in [0.25, 0.3) is 5.56 Å². The molecule has 0 radical (unpaired) electrons. The summed E-state index contributed by atoms with van der Waals surface area (Å²) in [5.41, 5.74) is 7.02. The molecule has 0 aliphatic rings. The molecule has 0 fully saturated rings. The molecule has 5 nitrogen and oxygen atoms in total. The van der Waals surface area contributed by atoms with Crippen LogP contribution in [-0.2, 0) is 11.3 Å². The van der Waals surface area contributed by atoms with Crippen molar-refractivity contribution >= 4 is 27.5 Å². The van der Waals surface area contributed by atoms with Gasteiger partial charge in [0.2, 0.25) is 5.91 Å². The highest BCUT2D eigenvalue weighted by molar-refractivity contribution is 7.21. The van der Waals surface area contributed by atoms with E-state index in [0.717, 1.165) is 16.0 Å². The predicted octanol–water partition coefficient (Wildman–Crippen LogP) is 3.67. The number of fused-ring (bicyclic) bond motifs is 1. The Hall–Kier alpha value is -3.25. The zero-order valence-corrected chi connectivity index (χ0v) is 15.3. The highest BCUT2D eigenvalue weighted by Crippen LogP contribution is 2.32. The third-order valence-corrected chi connectivity index (χ3v) is 5.40. The number of benzene rings is 2. The van der Waals surface area contributed by atoms with Crippen LogP contribution in [0.1, 0.15) is 6.42 Å². The van der Waals surface area contributed by atoms with E-state index in [-0.39, 0.29) is 18.5 Å². The molecule has 134 valence electrons. The van der Waals surface area contributed by atoms with E-state index in [0.29, 0.717) is 16.0 Å². The normalized spacial score (nSPS) is 11.0. The smallest absolute Gasteiger partial charge is 0.262 e. The van der Waals surface area contributed by atoms with Gasteiger partial charge in [-0.15, -0.1) is 11.3 Å². The first kappa shape index (κ1) is 17.2. The number of primary amides is 1. The molecule has 0 saturated carbocycles. The maximum absolute atomic E-state index is 13.2. The number of aromatic nitrogens is 2. The van der Waals surface area contributed by atoms with Crippen LogP contribution in [0.2, 0.25) is 0 Å². The van der Waals surface area contributed by atoms with Gasteiger partial charge in [0.15, 0.2) is 0 Å². The van der Waals surface area contributed by atoms with Crippen molar-refractivity contribution in [1.29, 1.82) is 0 Å². The predicted molar refractivity (Wildman–Crippen MR) is 109 cm³/mol. The maximum Gasteiger partial charge on any atom is 0.262 e. The number of nitrogens with zero attached hydrogens (tertiary/aromatic N) is 2. The monoisotopic (exact) mass is 375 g/mol. The number of carbonyl (C=O) groups is 1. The number of hydrogen-bond donors (Lipinski definition) is 1. The van der Waals surface area contributed by atoms with Gasteiger partial charge in [-0.2, -0.15) is 0 Å². The standard InChI is InChI=1S/C21H17N3O2S/c22-18(25)11-12-24-19(15-9-5-2-6-10-15)23-20-16(21(24)26)13-17(27-20)14-7-3-1-4-8-14/h1-10,13H,11-12H2,(H2,22,25). The van der Waals surface area contributed by atoms with Gasteiger partial charge in [0.1, 0.15) is 10.7 Å². The van der Waals surface area contributed by atoms with Crippen LogP contribution >= 0.6 is 11.3 Å². The van der Waals surface area contributed by atoms with Crippen LogP contribution in [0, 0.1) is 0 Å². The lowest BCUT2D eigenvalue weighted by Crippen LogP contribution is -2.25. The Balaban J connectivity index is 1.93. The lowest BCUT2D eigenvalue weighted by molar-refractivity contribution is -0.118. The molecule has 4 rings (SSSR count). The van der Waals surface area contributed by atoms with E-state index in [1.807, 2.05) is 66.7 Å². The number of carbonyl (C=O) groups excluding carboxylic acids is 1. The second kappa shape index (κ2) is 7.17. The Bertz CT molecular complexity index is 1160. The largest absolute Gasteiger partial charge is 0.370 e. The van der Waals surface area contributed by atoms with Crippen molar-refractivity contribution in [1.82, 2.24) is 9.55 Å². The van der Waals surface area contributed by atoms with Crippen LogP contribution in [0.5, 0.6) is 0 Å². The molecule has 0 atom stereocenters. The zero-order valence-electron chi connectivity index (χ0n) is 14.5. The molecule has 0 unspecified atom stereocenters. The molecule has 2 heterocycles. The third-order valence-electron chi connectivity index (χ3n) is 4.32. The average molecular weight is 375 g/mol. The first-order valence-corrected chi connectivity index (χ1v) is 9.38. The van der Waals surface area contributed by atoms with E-state index in [4.69, 9.17) is 10.7 Å². The summed E-state index contributed by atoms with van der Waals surface area (Å²) < 4.78 is 1.55. The van der Waals surface area contributed by atoms with Gasteiger partial charge in [-0.1, -0.05) is 60.7 Å². The summed E-state index contributed by atoms with van der Waals surface area (Å²) in [7, 11) is 0. The minimum Gasteiger partial charge on any atom is -0.370 e. The number of rotatable bonds is 5. The van der Waals surface area contributed by atoms with Gasteiger partial charge in [0.05, 0.1) is 5.39 Å². The van der Waals surface area contributed by atoms with Crippen LogP contribution in [-0.4, -0.2) is 15.5 Å². The first-order valence-electron chi connectivity index (χ1n) is 8.57. The molecular weight excluding hydrogens is 358 g/mol. The summed E-state index contributed by atoms with van der Waals surface area (Å²) in [6, 6.07) is 21.3. The van der Waals surface area contributed by atoms with Gasteiger partial charge in [-0.3, -0.25) is 14.2 Å². The van der Waals surface area contributed by atoms with E-state index in [1.54, 1.807) is 4.57 Å². The minimum absolute atomic E-state index is 0.0859. The molecule has 27 heavy (non-hydrogen) atoms. The summed E-state index contributed by atoms with van der Waals surface area (Å²) in [6.45, 7) is 0.206. The highest BCUT2D eigenvalue weighted by Gasteiger charge is 2.16. The number of hydrogen-bond acceptors (Lipinski definition) is 4. The van der Waals surface area contributed by atoms with Crippen molar-refractivity contribution < 1.29 is 4.79 Å². The zero-order chi connectivity index (χ0) is 18.8. The van der Waals surface area contributed by atoms with E-state index < -0.39 is 5.91 Å². The van der Waals surface area contributed by atoms with E-state index >= 15 is 0 Å². The fourth-order valence-electron chi connectivity index (χ4n) is 3.00. The topological polar surface area (TPSA) is 78.0 Å². The Morgan fingerprint density at radius 3 is 2.26 bits per heavy atom. The van der Waals surface area contributed by atoms with Crippen molar-refractivity contribution in [3.63, 3.8) is 0 Å². The Labute approximate surface area is 159 Å². The van der Waals surface area contributed by atoms with Crippen LogP contribution in [0.4, 0.5) is 0 Å². The van der Waals surface area contributed by atoms with Crippen molar-refractivity contribution in [2.45, 2.75) is 13.0 Å². The summed E-state index contributed by atoms with van der Waals surface area (Å²) in [6.07, 6.45) is 0.0859. The number of nitrogens with two attached hydrogens (primary N) is 1. The fourth-order valence-corrected chi connectivity index (χ4v) is 4.02. The summed E-state index contributed by atoms with van der Waals surface area (Å²) in [4.78, 5) is 30.9. The van der Waals surface area contributed by atoms with Crippen molar-refractivity contribution in [2.24, 2.45) is 5.73 Å². The quantitative estimate of drug-likeness (QED) is 0.578. The molecule has 4 aromatic rings. The number of amides is 1. The second-order valence-electron chi connectivity index (χ2n) is 6.17. The van der Waals surface area contributed by atoms with Crippen molar-refractivity contribution in [2.75, 3.05) is 0 Å². The molecule has 0 aliphatic carbocycles. The molecule has 2 N–H and O–H groups in total. The van der Waals surface area contributed by atoms with Gasteiger partial charge < -0.3 is 5.73 Å². The Morgan fingerprint density at radius 2 is 1.63 bits per heavy atom. The van der Waals surface area contributed by atoms with Crippen LogP contribution in [0.25, 0.3) is 32.0 Å². The molecule has 2 aromatic carbocycles. The van der Waals surface area contributed by atoms with E-state index in [2.05, 4.69) is 0 Å². The van der Waals surface area contributed by atoms with Gasteiger partial charge in [-0.05, 0) is 11.6 Å². The average Bonchev–Trinajstić information content (AvgIpc) is 3.13. The van der Waals surface area contributed by atoms with Gasteiger partial charge in [0, 0.05) is 23.4 Å². The third kappa shape index (κ3) is 3.39. The minimum atomic E-state index is -0.448. The van der Waals surface area contributed by atoms with Crippen LogP contribution in [0.3, 0.4) is 0 Å². The van der Waals surface area contributed by atoms with Gasteiger partial charge >= 0.3 is 0 Å². The fraction of sp³-hybridized carbons (Fsp3) is 0.0952. The van der Waals surface area contributed by atoms with Crippen molar-refractivity contribution in [3.05, 3.63) is 77.1 Å². The van der Waals surface area contributed by atoms with E-state index in [1.165, 1.54) is 11.3 Å².